The van der Waals surface area contributed by atoms with Crippen LogP contribution in [0.4, 0.5) is 0 Å². The van der Waals surface area contributed by atoms with Crippen molar-refractivity contribution in [1.29, 1.82) is 0 Å². The fourth-order valence-corrected chi connectivity index (χ4v) is 2.30. The topological polar surface area (TPSA) is 99.6 Å². The molecule has 0 aliphatic carbocycles. The van der Waals surface area contributed by atoms with Crippen molar-refractivity contribution in [1.82, 2.24) is 25.0 Å². The Bertz CT molecular complexity index is 707. The number of amides is 1. The molecule has 3 aromatic heterocycles. The summed E-state index contributed by atoms with van der Waals surface area (Å²) in [4.78, 5) is 19.8. The highest BCUT2D eigenvalue weighted by molar-refractivity contribution is 7.07. The van der Waals surface area contributed by atoms with Gasteiger partial charge in [-0.25, -0.2) is 9.67 Å². The molecule has 94 valence electrons. The van der Waals surface area contributed by atoms with Crippen molar-refractivity contribution >= 4 is 17.2 Å². The van der Waals surface area contributed by atoms with Crippen LogP contribution in [-0.2, 0) is 0 Å². The molecule has 0 aliphatic rings. The van der Waals surface area contributed by atoms with Crippen LogP contribution in [0.3, 0.4) is 0 Å². The Morgan fingerprint density at radius 2 is 2.21 bits per heavy atom. The van der Waals surface area contributed by atoms with E-state index >= 15 is 0 Å². The van der Waals surface area contributed by atoms with Gasteiger partial charge in [0.25, 0.3) is 5.91 Å². The van der Waals surface area contributed by atoms with Crippen molar-refractivity contribution in [2.24, 2.45) is 5.73 Å². The third kappa shape index (κ3) is 1.97. The minimum Gasteiger partial charge on any atom is -0.364 e. The van der Waals surface area contributed by atoms with E-state index in [2.05, 4.69) is 20.3 Å². The average molecular weight is 272 g/mol. The lowest BCUT2D eigenvalue weighted by Crippen LogP contribution is -2.16. The van der Waals surface area contributed by atoms with Crippen molar-refractivity contribution < 1.29 is 4.79 Å². The van der Waals surface area contributed by atoms with Gasteiger partial charge < -0.3 is 5.73 Å². The first-order valence-electron chi connectivity index (χ1n) is 5.31. The first-order chi connectivity index (χ1) is 9.27. The normalized spacial score (nSPS) is 10.5. The third-order valence-corrected chi connectivity index (χ3v) is 3.11. The maximum absolute atomic E-state index is 11.5. The van der Waals surface area contributed by atoms with Crippen LogP contribution in [0, 0.1) is 0 Å². The van der Waals surface area contributed by atoms with Crippen LogP contribution in [-0.4, -0.2) is 30.9 Å². The van der Waals surface area contributed by atoms with Gasteiger partial charge in [-0.05, 0) is 6.07 Å². The number of carbonyl (C=O) groups is 1. The summed E-state index contributed by atoms with van der Waals surface area (Å²) in [5.41, 5.74) is 9.07. The van der Waals surface area contributed by atoms with E-state index < -0.39 is 5.91 Å². The highest BCUT2D eigenvalue weighted by Crippen LogP contribution is 2.28. The second-order valence-electron chi connectivity index (χ2n) is 3.64. The van der Waals surface area contributed by atoms with Gasteiger partial charge >= 0.3 is 0 Å². The smallest absolute Gasteiger partial charge is 0.268 e. The molecular formula is C11H8N6OS. The number of hydrogen-bond donors (Lipinski definition) is 1. The van der Waals surface area contributed by atoms with Crippen LogP contribution in [0.1, 0.15) is 10.5 Å². The zero-order chi connectivity index (χ0) is 13.2. The lowest BCUT2D eigenvalue weighted by Gasteiger charge is -2.09. The van der Waals surface area contributed by atoms with E-state index in [1.165, 1.54) is 17.5 Å². The Labute approximate surface area is 111 Å². The molecule has 19 heavy (non-hydrogen) atoms. The van der Waals surface area contributed by atoms with Crippen LogP contribution in [0.2, 0.25) is 0 Å². The Kier molecular flexibility index (Phi) is 2.76. The fourth-order valence-electron chi connectivity index (χ4n) is 1.75. The van der Waals surface area contributed by atoms with Crippen molar-refractivity contribution in [2.75, 3.05) is 0 Å². The molecule has 0 atom stereocenters. The summed E-state index contributed by atoms with van der Waals surface area (Å²) < 4.78 is 1.54. The molecule has 0 saturated heterocycles. The van der Waals surface area contributed by atoms with E-state index in [0.717, 1.165) is 0 Å². The van der Waals surface area contributed by atoms with Gasteiger partial charge in [0, 0.05) is 11.6 Å². The first kappa shape index (κ1) is 11.5. The molecule has 0 bridgehead atoms. The SMILES string of the molecule is NC(=O)c1nccc(-n2ccnn2)c1-c1cscn1. The van der Waals surface area contributed by atoms with Gasteiger partial charge in [-0.1, -0.05) is 5.21 Å². The summed E-state index contributed by atoms with van der Waals surface area (Å²) in [6, 6.07) is 1.73. The number of pyridine rings is 1. The van der Waals surface area contributed by atoms with Crippen molar-refractivity contribution in [2.45, 2.75) is 0 Å². The molecule has 0 spiro atoms. The first-order valence-corrected chi connectivity index (χ1v) is 6.25. The summed E-state index contributed by atoms with van der Waals surface area (Å²) in [6.07, 6.45) is 4.73. The zero-order valence-corrected chi connectivity index (χ0v) is 10.4. The Balaban J connectivity index is 2.31. The molecule has 0 unspecified atom stereocenters. The van der Waals surface area contributed by atoms with E-state index in [-0.39, 0.29) is 5.69 Å². The molecule has 1 amide bonds. The van der Waals surface area contributed by atoms with Crippen LogP contribution in [0.15, 0.2) is 35.5 Å². The van der Waals surface area contributed by atoms with E-state index in [1.54, 1.807) is 28.7 Å². The largest absolute Gasteiger partial charge is 0.364 e. The van der Waals surface area contributed by atoms with E-state index in [4.69, 9.17) is 5.73 Å². The molecule has 0 aliphatic heterocycles. The Morgan fingerprint density at radius 1 is 1.32 bits per heavy atom. The third-order valence-electron chi connectivity index (χ3n) is 2.52. The molecular weight excluding hydrogens is 264 g/mol. The molecule has 3 aromatic rings. The molecule has 0 radical (unpaired) electrons. The Morgan fingerprint density at radius 3 is 2.84 bits per heavy atom. The summed E-state index contributed by atoms with van der Waals surface area (Å²) in [5.74, 6) is -0.607. The molecule has 8 heteroatoms. The molecule has 0 fully saturated rings. The van der Waals surface area contributed by atoms with Gasteiger partial charge in [-0.15, -0.1) is 16.4 Å². The number of aromatic nitrogens is 5. The minimum atomic E-state index is -0.607. The highest BCUT2D eigenvalue weighted by atomic mass is 32.1. The fraction of sp³-hybridized carbons (Fsp3) is 0. The summed E-state index contributed by atoms with van der Waals surface area (Å²) in [6.45, 7) is 0. The van der Waals surface area contributed by atoms with Gasteiger partial charge in [0.05, 0.1) is 34.8 Å². The zero-order valence-electron chi connectivity index (χ0n) is 9.59. The molecule has 3 heterocycles. The van der Waals surface area contributed by atoms with Gasteiger partial charge in [0.1, 0.15) is 5.69 Å². The Hall–Kier alpha value is -2.61. The quantitative estimate of drug-likeness (QED) is 0.763. The maximum Gasteiger partial charge on any atom is 0.268 e. The number of hydrogen-bond acceptors (Lipinski definition) is 6. The second kappa shape index (κ2) is 4.58. The molecule has 0 saturated carbocycles. The second-order valence-corrected chi connectivity index (χ2v) is 4.36. The van der Waals surface area contributed by atoms with Gasteiger partial charge in [0.15, 0.2) is 0 Å². The van der Waals surface area contributed by atoms with Crippen molar-refractivity contribution in [3.63, 3.8) is 0 Å². The van der Waals surface area contributed by atoms with Crippen molar-refractivity contribution in [3.8, 4) is 16.9 Å². The van der Waals surface area contributed by atoms with Crippen LogP contribution in [0.25, 0.3) is 16.9 Å². The molecule has 0 aromatic carbocycles. The predicted octanol–water partition coefficient (Wildman–Crippen LogP) is 0.885. The monoisotopic (exact) mass is 272 g/mol. The molecule has 7 nitrogen and oxygen atoms in total. The maximum atomic E-state index is 11.5. The van der Waals surface area contributed by atoms with Crippen LogP contribution in [0.5, 0.6) is 0 Å². The lowest BCUT2D eigenvalue weighted by molar-refractivity contribution is 0.0996. The highest BCUT2D eigenvalue weighted by Gasteiger charge is 2.19. The number of primary amides is 1. The lowest BCUT2D eigenvalue weighted by atomic mass is 10.1. The van der Waals surface area contributed by atoms with E-state index in [0.29, 0.717) is 16.9 Å². The minimum absolute atomic E-state index is 0.166. The molecule has 2 N–H and O–H groups in total. The molecule has 3 rings (SSSR count). The van der Waals surface area contributed by atoms with Gasteiger partial charge in [-0.2, -0.15) is 0 Å². The van der Waals surface area contributed by atoms with E-state index in [9.17, 15) is 4.79 Å². The van der Waals surface area contributed by atoms with E-state index in [1.807, 2.05) is 5.38 Å². The average Bonchev–Trinajstić information content (AvgIpc) is 3.11. The van der Waals surface area contributed by atoms with Crippen molar-refractivity contribution in [3.05, 3.63) is 41.2 Å². The van der Waals surface area contributed by atoms with Crippen LogP contribution < -0.4 is 5.73 Å². The van der Waals surface area contributed by atoms with Crippen LogP contribution >= 0.6 is 11.3 Å². The number of nitrogens with zero attached hydrogens (tertiary/aromatic N) is 5. The summed E-state index contributed by atoms with van der Waals surface area (Å²) >= 11 is 1.42. The standard InChI is InChI=1S/C11H8N6OS/c12-11(18)10-9(7-5-19-6-14-7)8(1-2-13-10)17-4-3-15-16-17/h1-6H,(H2,12,18). The number of carbonyl (C=O) groups excluding carboxylic acids is 1. The van der Waals surface area contributed by atoms with Gasteiger partial charge in [0.2, 0.25) is 0 Å². The number of rotatable bonds is 3. The predicted molar refractivity (Wildman–Crippen MR) is 68.8 cm³/mol. The van der Waals surface area contributed by atoms with Gasteiger partial charge in [-0.3, -0.25) is 9.78 Å². The summed E-state index contributed by atoms with van der Waals surface area (Å²) in [5, 5.41) is 9.50. The number of nitrogens with two attached hydrogens (primary N) is 1. The number of thiazole rings is 1. The summed E-state index contributed by atoms with van der Waals surface area (Å²) in [7, 11) is 0.